The summed E-state index contributed by atoms with van der Waals surface area (Å²) in [5.41, 5.74) is 9.29. The van der Waals surface area contributed by atoms with Gasteiger partial charge in [0.2, 0.25) is 0 Å². The average molecular weight is 365 g/mol. The Kier molecular flexibility index (Phi) is 3.78. The van der Waals surface area contributed by atoms with Gasteiger partial charge in [-0.3, -0.25) is 0 Å². The van der Waals surface area contributed by atoms with Crippen molar-refractivity contribution >= 4 is 17.5 Å². The predicted octanol–water partition coefficient (Wildman–Crippen LogP) is 5.09. The Hall–Kier alpha value is -1.94. The molecule has 0 aromatic rings. The van der Waals surface area contributed by atoms with Crippen LogP contribution in [0.3, 0.4) is 0 Å². The maximum atomic E-state index is 5.54. The summed E-state index contributed by atoms with van der Waals surface area (Å²) in [5.74, 6) is 1.68. The first-order valence-corrected chi connectivity index (χ1v) is 10.4. The first-order valence-electron chi connectivity index (χ1n) is 9.46. The molecule has 0 saturated heterocycles. The second-order valence-electron chi connectivity index (χ2n) is 7.81. The lowest BCUT2D eigenvalue weighted by molar-refractivity contribution is 0.296. The van der Waals surface area contributed by atoms with Crippen LogP contribution in [0.1, 0.15) is 33.1 Å². The van der Waals surface area contributed by atoms with E-state index >= 15 is 0 Å². The number of allylic oxidation sites excluding steroid dienone is 6. The molecule has 4 heteroatoms. The zero-order valence-corrected chi connectivity index (χ0v) is 16.4. The minimum absolute atomic E-state index is 0.463. The number of nitrogens with zero attached hydrogens (tertiary/aromatic N) is 2. The van der Waals surface area contributed by atoms with Crippen LogP contribution < -0.4 is 0 Å². The van der Waals surface area contributed by atoms with Gasteiger partial charge in [-0.2, -0.15) is 0 Å². The second-order valence-corrected chi connectivity index (χ2v) is 8.88. The maximum absolute atomic E-state index is 5.54. The average Bonchev–Trinajstić information content (AvgIpc) is 3.20. The summed E-state index contributed by atoms with van der Waals surface area (Å²) in [6, 6.07) is 0. The molecule has 1 aliphatic carbocycles. The minimum Gasteiger partial charge on any atom is -0.496 e. The molecule has 1 atom stereocenters. The summed E-state index contributed by atoms with van der Waals surface area (Å²) in [5, 5.41) is 2.62. The van der Waals surface area contributed by atoms with Crippen LogP contribution in [0.25, 0.3) is 0 Å². The number of fused-ring (bicyclic) bond motifs is 5. The van der Waals surface area contributed by atoms with Crippen molar-refractivity contribution in [2.75, 3.05) is 13.7 Å². The van der Waals surface area contributed by atoms with Gasteiger partial charge in [0.05, 0.1) is 18.5 Å². The van der Waals surface area contributed by atoms with Crippen LogP contribution in [0.4, 0.5) is 0 Å². The summed E-state index contributed by atoms with van der Waals surface area (Å²) in [7, 11) is 1.76. The monoisotopic (exact) mass is 364 g/mol. The summed E-state index contributed by atoms with van der Waals surface area (Å²) in [6.07, 6.45) is 12.5. The third-order valence-electron chi connectivity index (χ3n) is 5.62. The van der Waals surface area contributed by atoms with Gasteiger partial charge in [-0.25, -0.2) is 4.99 Å². The highest BCUT2D eigenvalue weighted by Gasteiger charge is 2.38. The molecule has 26 heavy (non-hydrogen) atoms. The quantitative estimate of drug-likeness (QED) is 0.697. The molecule has 0 aromatic carbocycles. The van der Waals surface area contributed by atoms with Crippen molar-refractivity contribution in [3.8, 4) is 0 Å². The number of thioether (sulfide) groups is 1. The summed E-state index contributed by atoms with van der Waals surface area (Å²) in [6.45, 7) is 5.50. The predicted molar refractivity (Wildman–Crippen MR) is 109 cm³/mol. The second kappa shape index (κ2) is 6.05. The van der Waals surface area contributed by atoms with Crippen LogP contribution in [0.5, 0.6) is 0 Å². The zero-order valence-electron chi connectivity index (χ0n) is 15.6. The maximum Gasteiger partial charge on any atom is 0.130 e. The smallest absolute Gasteiger partial charge is 0.130 e. The van der Waals surface area contributed by atoms with Gasteiger partial charge in [-0.05, 0) is 24.3 Å². The number of methoxy groups -OCH3 is 1. The van der Waals surface area contributed by atoms with Gasteiger partial charge in [0, 0.05) is 52.2 Å². The number of aliphatic imine (C=N–C) groups is 1. The van der Waals surface area contributed by atoms with Gasteiger partial charge in [-0.1, -0.05) is 32.1 Å². The topological polar surface area (TPSA) is 24.8 Å². The van der Waals surface area contributed by atoms with E-state index < -0.39 is 0 Å². The molecule has 0 unspecified atom stereocenters. The molecular weight excluding hydrogens is 340 g/mol. The molecule has 0 bridgehead atoms. The molecule has 5 rings (SSSR count). The van der Waals surface area contributed by atoms with E-state index in [0.717, 1.165) is 31.6 Å². The van der Waals surface area contributed by atoms with Gasteiger partial charge in [0.25, 0.3) is 0 Å². The van der Waals surface area contributed by atoms with Gasteiger partial charge < -0.3 is 9.64 Å². The van der Waals surface area contributed by atoms with E-state index in [9.17, 15) is 0 Å². The van der Waals surface area contributed by atoms with E-state index in [1.165, 1.54) is 39.4 Å². The van der Waals surface area contributed by atoms with Crippen LogP contribution >= 0.6 is 11.8 Å². The van der Waals surface area contributed by atoms with Crippen LogP contribution in [0.15, 0.2) is 74.3 Å². The lowest BCUT2D eigenvalue weighted by atomic mass is 9.86. The molecule has 5 aliphatic rings. The van der Waals surface area contributed by atoms with E-state index in [2.05, 4.69) is 48.6 Å². The number of rotatable bonds is 3. The van der Waals surface area contributed by atoms with E-state index in [4.69, 9.17) is 9.73 Å². The van der Waals surface area contributed by atoms with Crippen molar-refractivity contribution in [2.45, 2.75) is 38.4 Å². The zero-order chi connectivity index (χ0) is 17.8. The Bertz CT molecular complexity index is 895. The normalized spacial score (nSPS) is 26.2. The molecule has 4 heterocycles. The lowest BCUT2D eigenvalue weighted by Gasteiger charge is -2.34. The van der Waals surface area contributed by atoms with Gasteiger partial charge in [0.1, 0.15) is 5.76 Å². The molecular formula is C22H24N2OS. The fourth-order valence-electron chi connectivity index (χ4n) is 4.44. The first kappa shape index (κ1) is 16.2. The standard InChI is InChI=1S/C22H24N2OS/c1-13(2)9-14-5-4-6-15-16-7-8-24-11-17-19(25-3)12-26-20(17)10-18(24)22(16)23-21(14)15/h5-7,11-13,20H,4,8-10H2,1-3H3/t20-/m0/s1. The highest BCUT2D eigenvalue weighted by molar-refractivity contribution is 8.03. The molecule has 0 N–H and O–H groups in total. The van der Waals surface area contributed by atoms with E-state index in [0.29, 0.717) is 11.2 Å². The SMILES string of the molecule is COC1=CS[C@H]2CC3=C4N=C5C(CC(C)C)=CCC=C5C4=CCN3C=C12. The van der Waals surface area contributed by atoms with E-state index in [-0.39, 0.29) is 0 Å². The molecule has 0 fully saturated rings. The van der Waals surface area contributed by atoms with Gasteiger partial charge >= 0.3 is 0 Å². The molecule has 0 saturated carbocycles. The Morgan fingerprint density at radius 2 is 2.15 bits per heavy atom. The van der Waals surface area contributed by atoms with Crippen molar-refractivity contribution < 1.29 is 4.74 Å². The van der Waals surface area contributed by atoms with Crippen molar-refractivity contribution in [3.05, 3.63) is 69.3 Å². The van der Waals surface area contributed by atoms with Crippen LogP contribution in [-0.4, -0.2) is 29.5 Å². The Balaban J connectivity index is 1.55. The van der Waals surface area contributed by atoms with Crippen molar-refractivity contribution in [1.29, 1.82) is 0 Å². The van der Waals surface area contributed by atoms with Gasteiger partial charge in [0.15, 0.2) is 0 Å². The molecule has 0 radical (unpaired) electrons. The molecule has 3 nitrogen and oxygen atoms in total. The van der Waals surface area contributed by atoms with Crippen LogP contribution in [-0.2, 0) is 4.74 Å². The van der Waals surface area contributed by atoms with Crippen LogP contribution in [0.2, 0.25) is 0 Å². The Morgan fingerprint density at radius 3 is 2.96 bits per heavy atom. The Labute approximate surface area is 159 Å². The molecule has 0 spiro atoms. The summed E-state index contributed by atoms with van der Waals surface area (Å²) in [4.78, 5) is 7.54. The summed E-state index contributed by atoms with van der Waals surface area (Å²) < 4.78 is 5.54. The fraction of sp³-hybridized carbons (Fsp3) is 0.409. The fourth-order valence-corrected chi connectivity index (χ4v) is 5.54. The van der Waals surface area contributed by atoms with Crippen LogP contribution in [0, 0.1) is 5.92 Å². The largest absolute Gasteiger partial charge is 0.496 e. The Morgan fingerprint density at radius 1 is 1.27 bits per heavy atom. The number of hydrogen-bond acceptors (Lipinski definition) is 4. The van der Waals surface area contributed by atoms with E-state index in [1.54, 1.807) is 7.11 Å². The molecule has 0 amide bonds. The highest BCUT2D eigenvalue weighted by Crippen LogP contribution is 2.48. The van der Waals surface area contributed by atoms with Gasteiger partial charge in [-0.15, -0.1) is 11.8 Å². The van der Waals surface area contributed by atoms with Crippen molar-refractivity contribution in [2.24, 2.45) is 10.9 Å². The molecule has 134 valence electrons. The number of hydrogen-bond donors (Lipinski definition) is 0. The van der Waals surface area contributed by atoms with Crippen molar-refractivity contribution in [1.82, 2.24) is 4.90 Å². The molecule has 4 aliphatic heterocycles. The highest BCUT2D eigenvalue weighted by atomic mass is 32.2. The summed E-state index contributed by atoms with van der Waals surface area (Å²) >= 11 is 1.87. The lowest BCUT2D eigenvalue weighted by Crippen LogP contribution is -2.30. The van der Waals surface area contributed by atoms with E-state index in [1.807, 2.05) is 11.8 Å². The molecule has 0 aromatic heterocycles. The first-order chi connectivity index (χ1) is 12.7. The number of ether oxygens (including phenoxy) is 1. The minimum atomic E-state index is 0.463. The van der Waals surface area contributed by atoms with Crippen molar-refractivity contribution in [3.63, 3.8) is 0 Å². The third kappa shape index (κ3) is 2.38. The third-order valence-corrected chi connectivity index (χ3v) is 6.72.